The number of nitrogens with one attached hydrogen (secondary N) is 2. The number of ether oxygens (including phenoxy) is 2. The third kappa shape index (κ3) is 5.86. The highest BCUT2D eigenvalue weighted by Gasteiger charge is 2.19. The Kier molecular flexibility index (Phi) is 7.49. The molecule has 0 bridgehead atoms. The standard InChI is InChI=1S/C18H24N2O5S2/c1-4-10-27(22,23)20-14-12-15(24-5-2)13(11-16(14)25-6-3)19-18(21)17-8-7-9-26-17/h7-9,11-12,20H,4-6,10H2,1-3H3,(H,19,21). The van der Waals surface area contributed by atoms with Crippen molar-refractivity contribution in [3.63, 3.8) is 0 Å². The van der Waals surface area contributed by atoms with Crippen LogP contribution < -0.4 is 19.5 Å². The SMILES string of the molecule is CCCS(=O)(=O)Nc1cc(OCC)c(NC(=O)c2cccs2)cc1OCC. The molecule has 0 aliphatic heterocycles. The fourth-order valence-corrected chi connectivity index (χ4v) is 4.12. The third-order valence-corrected chi connectivity index (χ3v) is 5.76. The van der Waals surface area contributed by atoms with Crippen molar-refractivity contribution in [3.05, 3.63) is 34.5 Å². The molecule has 0 aliphatic rings. The maximum Gasteiger partial charge on any atom is 0.265 e. The Bertz CT molecular complexity index is 864. The molecule has 2 N–H and O–H groups in total. The van der Waals surface area contributed by atoms with E-state index in [0.29, 0.717) is 41.7 Å². The summed E-state index contributed by atoms with van der Waals surface area (Å²) in [5.74, 6) is 0.411. The number of carbonyl (C=O) groups excluding carboxylic acids is 1. The molecule has 0 aliphatic carbocycles. The fourth-order valence-electron chi connectivity index (χ4n) is 2.37. The van der Waals surface area contributed by atoms with E-state index in [9.17, 15) is 13.2 Å². The topological polar surface area (TPSA) is 93.7 Å². The highest BCUT2D eigenvalue weighted by molar-refractivity contribution is 7.92. The molecule has 0 fully saturated rings. The van der Waals surface area contributed by atoms with Crippen molar-refractivity contribution in [1.29, 1.82) is 0 Å². The number of carbonyl (C=O) groups is 1. The van der Waals surface area contributed by atoms with Gasteiger partial charge in [0.05, 0.1) is 35.2 Å². The maximum absolute atomic E-state index is 12.4. The molecule has 2 rings (SSSR count). The number of hydrogen-bond acceptors (Lipinski definition) is 6. The smallest absolute Gasteiger partial charge is 0.265 e. The first-order valence-electron chi connectivity index (χ1n) is 8.69. The normalized spacial score (nSPS) is 11.1. The molecule has 0 saturated carbocycles. The van der Waals surface area contributed by atoms with Crippen molar-refractivity contribution in [3.8, 4) is 11.5 Å². The predicted molar refractivity (Wildman–Crippen MR) is 109 cm³/mol. The third-order valence-electron chi connectivity index (χ3n) is 3.41. The predicted octanol–water partition coefficient (Wildman–Crippen LogP) is 3.95. The number of amides is 1. The van der Waals surface area contributed by atoms with Crippen LogP contribution in [0.15, 0.2) is 29.6 Å². The van der Waals surface area contributed by atoms with Gasteiger partial charge >= 0.3 is 0 Å². The van der Waals surface area contributed by atoms with Crippen molar-refractivity contribution in [2.75, 3.05) is 29.0 Å². The van der Waals surface area contributed by atoms with Crippen LogP contribution in [0.25, 0.3) is 0 Å². The number of anilines is 2. The Morgan fingerprint density at radius 3 is 2.26 bits per heavy atom. The van der Waals surface area contributed by atoms with E-state index in [-0.39, 0.29) is 17.3 Å². The van der Waals surface area contributed by atoms with Gasteiger partial charge in [0.25, 0.3) is 5.91 Å². The minimum Gasteiger partial charge on any atom is -0.492 e. The second kappa shape index (κ2) is 9.61. The molecule has 1 aromatic carbocycles. The number of hydrogen-bond donors (Lipinski definition) is 2. The Hall–Kier alpha value is -2.26. The molecule has 9 heteroatoms. The quantitative estimate of drug-likeness (QED) is 0.616. The molecule has 0 atom stereocenters. The van der Waals surface area contributed by atoms with Crippen LogP contribution in [0.1, 0.15) is 36.9 Å². The number of rotatable bonds is 10. The molecular weight excluding hydrogens is 388 g/mol. The summed E-state index contributed by atoms with van der Waals surface area (Å²) in [4.78, 5) is 12.9. The lowest BCUT2D eigenvalue weighted by Gasteiger charge is -2.18. The zero-order valence-corrected chi connectivity index (χ0v) is 17.2. The minimum absolute atomic E-state index is 0.000597. The minimum atomic E-state index is -3.50. The van der Waals surface area contributed by atoms with Gasteiger partial charge < -0.3 is 14.8 Å². The van der Waals surface area contributed by atoms with Crippen molar-refractivity contribution in [2.45, 2.75) is 27.2 Å². The van der Waals surface area contributed by atoms with Gasteiger partial charge in [0.2, 0.25) is 10.0 Å². The van der Waals surface area contributed by atoms with E-state index in [1.54, 1.807) is 32.0 Å². The van der Waals surface area contributed by atoms with Gasteiger partial charge in [0.15, 0.2) is 0 Å². The molecule has 2 aromatic rings. The van der Waals surface area contributed by atoms with Crippen LogP contribution in [0.3, 0.4) is 0 Å². The van der Waals surface area contributed by atoms with Crippen LogP contribution in [-0.4, -0.2) is 33.3 Å². The molecule has 1 aromatic heterocycles. The Morgan fingerprint density at radius 2 is 1.70 bits per heavy atom. The molecule has 148 valence electrons. The average Bonchev–Trinajstić information content (AvgIpc) is 3.13. The average molecular weight is 413 g/mol. The second-order valence-electron chi connectivity index (χ2n) is 5.56. The summed E-state index contributed by atoms with van der Waals surface area (Å²) in [6.45, 7) is 6.09. The number of benzene rings is 1. The van der Waals surface area contributed by atoms with Gasteiger partial charge in [-0.15, -0.1) is 11.3 Å². The van der Waals surface area contributed by atoms with E-state index in [4.69, 9.17) is 9.47 Å². The summed E-state index contributed by atoms with van der Waals surface area (Å²) in [5.41, 5.74) is 0.694. The van der Waals surface area contributed by atoms with Gasteiger partial charge in [-0.2, -0.15) is 0 Å². The van der Waals surface area contributed by atoms with E-state index in [2.05, 4.69) is 10.0 Å². The van der Waals surface area contributed by atoms with E-state index in [0.717, 1.165) is 0 Å². The summed E-state index contributed by atoms with van der Waals surface area (Å²) in [6.07, 6.45) is 0.493. The van der Waals surface area contributed by atoms with Gasteiger partial charge in [-0.05, 0) is 31.7 Å². The van der Waals surface area contributed by atoms with E-state index < -0.39 is 10.0 Å². The van der Waals surface area contributed by atoms with E-state index >= 15 is 0 Å². The summed E-state index contributed by atoms with van der Waals surface area (Å²) in [7, 11) is -3.50. The van der Waals surface area contributed by atoms with Crippen molar-refractivity contribution in [1.82, 2.24) is 0 Å². The molecular formula is C18H24N2O5S2. The van der Waals surface area contributed by atoms with Crippen LogP contribution in [0.2, 0.25) is 0 Å². The Morgan fingerprint density at radius 1 is 1.07 bits per heavy atom. The van der Waals surface area contributed by atoms with E-state index in [1.165, 1.54) is 17.4 Å². The summed E-state index contributed by atoms with van der Waals surface area (Å²) in [6, 6.07) is 6.62. The molecule has 7 nitrogen and oxygen atoms in total. The summed E-state index contributed by atoms with van der Waals surface area (Å²) in [5, 5.41) is 4.62. The van der Waals surface area contributed by atoms with Gasteiger partial charge in [-0.3, -0.25) is 9.52 Å². The molecule has 0 spiro atoms. The van der Waals surface area contributed by atoms with Crippen LogP contribution in [0.5, 0.6) is 11.5 Å². The van der Waals surface area contributed by atoms with Gasteiger partial charge in [0.1, 0.15) is 11.5 Å². The second-order valence-corrected chi connectivity index (χ2v) is 8.35. The first-order valence-corrected chi connectivity index (χ1v) is 11.2. The lowest BCUT2D eigenvalue weighted by atomic mass is 10.2. The van der Waals surface area contributed by atoms with Crippen molar-refractivity contribution >= 4 is 38.6 Å². The van der Waals surface area contributed by atoms with Crippen LogP contribution in [-0.2, 0) is 10.0 Å². The Labute approximate surface area is 163 Å². The molecule has 1 heterocycles. The molecule has 1 amide bonds. The lowest BCUT2D eigenvalue weighted by molar-refractivity contribution is 0.103. The zero-order valence-electron chi connectivity index (χ0n) is 15.6. The largest absolute Gasteiger partial charge is 0.492 e. The van der Waals surface area contributed by atoms with Crippen LogP contribution in [0, 0.1) is 0 Å². The maximum atomic E-state index is 12.4. The molecule has 27 heavy (non-hydrogen) atoms. The highest BCUT2D eigenvalue weighted by atomic mass is 32.2. The van der Waals surface area contributed by atoms with Crippen molar-refractivity contribution in [2.24, 2.45) is 0 Å². The fraction of sp³-hybridized carbons (Fsp3) is 0.389. The Balaban J connectivity index is 2.41. The van der Waals surface area contributed by atoms with Crippen LogP contribution >= 0.6 is 11.3 Å². The van der Waals surface area contributed by atoms with E-state index in [1.807, 2.05) is 12.3 Å². The molecule has 0 saturated heterocycles. The van der Waals surface area contributed by atoms with Crippen molar-refractivity contribution < 1.29 is 22.7 Å². The first kappa shape index (κ1) is 21.0. The number of sulfonamides is 1. The van der Waals surface area contributed by atoms with Crippen LogP contribution in [0.4, 0.5) is 11.4 Å². The monoisotopic (exact) mass is 412 g/mol. The summed E-state index contributed by atoms with van der Waals surface area (Å²) < 4.78 is 38.0. The first-order chi connectivity index (χ1) is 12.9. The van der Waals surface area contributed by atoms with Gasteiger partial charge in [-0.1, -0.05) is 13.0 Å². The molecule has 0 radical (unpaired) electrons. The number of thiophene rings is 1. The lowest BCUT2D eigenvalue weighted by Crippen LogP contribution is -2.17. The molecule has 0 unspecified atom stereocenters. The zero-order chi connectivity index (χ0) is 19.9. The van der Waals surface area contributed by atoms with Gasteiger partial charge in [0, 0.05) is 12.1 Å². The van der Waals surface area contributed by atoms with Gasteiger partial charge in [-0.25, -0.2) is 8.42 Å². The highest BCUT2D eigenvalue weighted by Crippen LogP contribution is 2.37. The summed E-state index contributed by atoms with van der Waals surface area (Å²) >= 11 is 1.32.